The van der Waals surface area contributed by atoms with Crippen LogP contribution < -0.4 is 0 Å². The maximum absolute atomic E-state index is 10.3. The van der Waals surface area contributed by atoms with Crippen LogP contribution >= 0.6 is 0 Å². The normalized spacial score (nSPS) is 12.8. The highest BCUT2D eigenvalue weighted by Crippen LogP contribution is 1.85. The van der Waals surface area contributed by atoms with E-state index in [0.717, 1.165) is 0 Å². The molecular formula is C5H12O3Si. The number of hydrogen-bond donors (Lipinski definition) is 0. The van der Waals surface area contributed by atoms with Crippen molar-refractivity contribution >= 4 is 15.0 Å². The van der Waals surface area contributed by atoms with Crippen molar-refractivity contribution in [1.29, 1.82) is 0 Å². The fourth-order valence-electron chi connectivity index (χ4n) is 0.552. The highest BCUT2D eigenvalue weighted by atomic mass is 28.3. The molecule has 1 atom stereocenters. The van der Waals surface area contributed by atoms with Crippen LogP contribution in [0.25, 0.3) is 0 Å². The standard InChI is InChI=1S/C5H12O3Si/c1-5(6)8-9(3)4-7-2/h9H,4H2,1-3H3. The maximum atomic E-state index is 10.3. The van der Waals surface area contributed by atoms with Gasteiger partial charge < -0.3 is 9.16 Å². The van der Waals surface area contributed by atoms with Gasteiger partial charge in [-0.25, -0.2) is 0 Å². The van der Waals surface area contributed by atoms with Crippen molar-refractivity contribution in [2.24, 2.45) is 0 Å². The molecule has 0 saturated carbocycles. The predicted octanol–water partition coefficient (Wildman–Crippen LogP) is 0.0887. The Morgan fingerprint density at radius 2 is 2.22 bits per heavy atom. The molecule has 54 valence electrons. The minimum Gasteiger partial charge on any atom is -0.520 e. The Labute approximate surface area is 56.7 Å². The Morgan fingerprint density at radius 3 is 2.56 bits per heavy atom. The van der Waals surface area contributed by atoms with Crippen LogP contribution in [0.2, 0.25) is 6.55 Å². The first-order valence-corrected chi connectivity index (χ1v) is 5.27. The van der Waals surface area contributed by atoms with E-state index >= 15 is 0 Å². The summed E-state index contributed by atoms with van der Waals surface area (Å²) in [6, 6.07) is 0. The zero-order valence-electron chi connectivity index (χ0n) is 6.01. The Bertz CT molecular complexity index is 94.2. The first-order valence-electron chi connectivity index (χ1n) is 2.83. The monoisotopic (exact) mass is 148 g/mol. The van der Waals surface area contributed by atoms with E-state index in [1.54, 1.807) is 7.11 Å². The Balaban J connectivity index is 3.26. The molecule has 0 aromatic rings. The second-order valence-corrected chi connectivity index (χ2v) is 4.07. The van der Waals surface area contributed by atoms with Gasteiger partial charge in [0.1, 0.15) is 0 Å². The number of rotatable bonds is 3. The summed E-state index contributed by atoms with van der Waals surface area (Å²) in [5, 5.41) is 0. The van der Waals surface area contributed by atoms with Crippen LogP contribution in [0.5, 0.6) is 0 Å². The molecular weight excluding hydrogens is 136 g/mol. The number of ether oxygens (including phenoxy) is 1. The quantitative estimate of drug-likeness (QED) is 0.532. The summed E-state index contributed by atoms with van der Waals surface area (Å²) in [5.74, 6) is -0.203. The van der Waals surface area contributed by atoms with Gasteiger partial charge in [0.25, 0.3) is 15.0 Å². The summed E-state index contributed by atoms with van der Waals surface area (Å²) in [6.07, 6.45) is 0.597. The van der Waals surface area contributed by atoms with Gasteiger partial charge in [0.15, 0.2) is 0 Å². The van der Waals surface area contributed by atoms with Gasteiger partial charge in [0, 0.05) is 14.0 Å². The minimum atomic E-state index is -1.33. The van der Waals surface area contributed by atoms with Crippen molar-refractivity contribution in [2.75, 3.05) is 13.3 Å². The zero-order valence-corrected chi connectivity index (χ0v) is 7.16. The van der Waals surface area contributed by atoms with E-state index in [1.807, 2.05) is 6.55 Å². The molecule has 0 saturated heterocycles. The molecule has 4 heteroatoms. The number of carbonyl (C=O) groups is 1. The van der Waals surface area contributed by atoms with Gasteiger partial charge in [-0.2, -0.15) is 0 Å². The minimum absolute atomic E-state index is 0.203. The second kappa shape index (κ2) is 4.52. The van der Waals surface area contributed by atoms with Crippen LogP contribution in [0, 0.1) is 0 Å². The summed E-state index contributed by atoms with van der Waals surface area (Å²) in [6.45, 7) is 3.34. The first kappa shape index (κ1) is 8.65. The van der Waals surface area contributed by atoms with Gasteiger partial charge in [-0.15, -0.1) is 0 Å². The topological polar surface area (TPSA) is 35.5 Å². The number of hydrogen-bond acceptors (Lipinski definition) is 3. The molecule has 0 heterocycles. The van der Waals surface area contributed by atoms with E-state index in [-0.39, 0.29) is 5.97 Å². The molecule has 0 spiro atoms. The van der Waals surface area contributed by atoms with E-state index in [4.69, 9.17) is 9.16 Å². The summed E-state index contributed by atoms with van der Waals surface area (Å²) < 4.78 is 9.65. The van der Waals surface area contributed by atoms with Crippen molar-refractivity contribution in [2.45, 2.75) is 13.5 Å². The summed E-state index contributed by atoms with van der Waals surface area (Å²) in [7, 11) is 0.272. The third kappa shape index (κ3) is 5.52. The molecule has 0 bridgehead atoms. The third-order valence-corrected chi connectivity index (χ3v) is 2.31. The molecule has 0 aromatic carbocycles. The molecule has 0 rings (SSSR count). The van der Waals surface area contributed by atoms with Gasteiger partial charge in [-0.1, -0.05) is 0 Å². The summed E-state index contributed by atoms with van der Waals surface area (Å²) in [5.41, 5.74) is 0. The molecule has 3 nitrogen and oxygen atoms in total. The highest BCUT2D eigenvalue weighted by molar-refractivity contribution is 6.52. The average Bonchev–Trinajstić information content (AvgIpc) is 1.63. The molecule has 0 amide bonds. The second-order valence-electron chi connectivity index (χ2n) is 1.88. The lowest BCUT2D eigenvalue weighted by Crippen LogP contribution is -2.22. The van der Waals surface area contributed by atoms with Gasteiger partial charge >= 0.3 is 0 Å². The van der Waals surface area contributed by atoms with Crippen LogP contribution in [0.3, 0.4) is 0 Å². The summed E-state index contributed by atoms with van der Waals surface area (Å²) >= 11 is 0. The Hall–Kier alpha value is -0.353. The average molecular weight is 148 g/mol. The van der Waals surface area contributed by atoms with Crippen molar-refractivity contribution in [3.63, 3.8) is 0 Å². The first-order chi connectivity index (χ1) is 4.16. The summed E-state index contributed by atoms with van der Waals surface area (Å²) in [4.78, 5) is 10.3. The zero-order chi connectivity index (χ0) is 7.28. The molecule has 0 aliphatic rings. The van der Waals surface area contributed by atoms with Gasteiger partial charge in [-0.05, 0) is 6.55 Å². The lowest BCUT2D eigenvalue weighted by Gasteiger charge is -2.07. The Morgan fingerprint density at radius 1 is 1.67 bits per heavy atom. The van der Waals surface area contributed by atoms with Gasteiger partial charge in [0.05, 0.1) is 6.23 Å². The van der Waals surface area contributed by atoms with Gasteiger partial charge in [-0.3, -0.25) is 4.79 Å². The van der Waals surface area contributed by atoms with Crippen molar-refractivity contribution < 1.29 is 14.0 Å². The van der Waals surface area contributed by atoms with Crippen LogP contribution in [-0.2, 0) is 14.0 Å². The van der Waals surface area contributed by atoms with Crippen LogP contribution in [0.15, 0.2) is 0 Å². The number of carbonyl (C=O) groups excluding carboxylic acids is 1. The maximum Gasteiger partial charge on any atom is 0.289 e. The molecule has 0 aliphatic carbocycles. The fourth-order valence-corrected chi connectivity index (χ4v) is 1.66. The largest absolute Gasteiger partial charge is 0.520 e. The van der Waals surface area contributed by atoms with Crippen LogP contribution in [0.1, 0.15) is 6.92 Å². The highest BCUT2D eigenvalue weighted by Gasteiger charge is 2.05. The van der Waals surface area contributed by atoms with E-state index < -0.39 is 9.04 Å². The molecule has 0 aromatic heterocycles. The predicted molar refractivity (Wildman–Crippen MR) is 36.7 cm³/mol. The molecule has 1 unspecified atom stereocenters. The van der Waals surface area contributed by atoms with E-state index in [2.05, 4.69) is 0 Å². The lowest BCUT2D eigenvalue weighted by molar-refractivity contribution is -0.132. The molecule has 0 fully saturated rings. The molecule has 9 heavy (non-hydrogen) atoms. The van der Waals surface area contributed by atoms with E-state index in [1.165, 1.54) is 6.92 Å². The van der Waals surface area contributed by atoms with Crippen LogP contribution in [-0.4, -0.2) is 28.3 Å². The molecule has 0 radical (unpaired) electrons. The van der Waals surface area contributed by atoms with Crippen molar-refractivity contribution in [3.05, 3.63) is 0 Å². The van der Waals surface area contributed by atoms with Gasteiger partial charge in [0.2, 0.25) is 0 Å². The van der Waals surface area contributed by atoms with E-state index in [9.17, 15) is 4.79 Å². The molecule has 0 aliphatic heterocycles. The lowest BCUT2D eigenvalue weighted by atomic mass is 10.9. The fraction of sp³-hybridized carbons (Fsp3) is 0.800. The molecule has 0 N–H and O–H groups in total. The van der Waals surface area contributed by atoms with Crippen molar-refractivity contribution in [1.82, 2.24) is 0 Å². The van der Waals surface area contributed by atoms with Crippen molar-refractivity contribution in [3.8, 4) is 0 Å². The van der Waals surface area contributed by atoms with Crippen LogP contribution in [0.4, 0.5) is 0 Å². The van der Waals surface area contributed by atoms with E-state index in [0.29, 0.717) is 6.23 Å². The number of methoxy groups -OCH3 is 1. The Kier molecular flexibility index (Phi) is 4.34. The third-order valence-electron chi connectivity index (χ3n) is 0.769. The SMILES string of the molecule is COC[SiH](C)OC(C)=O. The smallest absolute Gasteiger partial charge is 0.289 e.